The number of carboxylic acid groups (broad SMARTS) is 1. The van der Waals surface area contributed by atoms with Gasteiger partial charge in [-0.25, -0.2) is 4.79 Å². The molecule has 2 aliphatic rings. The summed E-state index contributed by atoms with van der Waals surface area (Å²) in [4.78, 5) is 16.1. The Morgan fingerprint density at radius 1 is 1.24 bits per heavy atom. The van der Waals surface area contributed by atoms with Crippen LogP contribution in [-0.4, -0.2) is 85.1 Å². The van der Waals surface area contributed by atoms with Crippen molar-refractivity contribution in [3.63, 3.8) is 0 Å². The van der Waals surface area contributed by atoms with E-state index in [1.165, 1.54) is 12.1 Å². The fourth-order valence-corrected chi connectivity index (χ4v) is 3.54. The molecule has 34 heavy (non-hydrogen) atoms. The Hall–Kier alpha value is -3.22. The second-order valence-corrected chi connectivity index (χ2v) is 7.83. The lowest BCUT2D eigenvalue weighted by Gasteiger charge is -2.33. The topological polar surface area (TPSA) is 168 Å². The second kappa shape index (κ2) is 12.9. The number of para-hydroxylation sites is 1. The normalized spacial score (nSPS) is 18.0. The van der Waals surface area contributed by atoms with Crippen molar-refractivity contribution >= 4 is 22.1 Å². The summed E-state index contributed by atoms with van der Waals surface area (Å²) in [5.41, 5.74) is 10.2. The number of hydrogen-bond donors (Lipinski definition) is 2. The quantitative estimate of drug-likeness (QED) is 0.307. The lowest BCUT2D eigenvalue weighted by atomic mass is 10.0. The molecule has 0 spiro atoms. The predicted octanol–water partition coefficient (Wildman–Crippen LogP) is 1.78. The fourth-order valence-electron chi connectivity index (χ4n) is 3.17. The third kappa shape index (κ3) is 7.97. The number of nitrogens with zero attached hydrogens (tertiary/aromatic N) is 3. The number of ether oxygens (including phenoxy) is 3. The minimum atomic E-state index is -4.70. The SMILES string of the molecule is CCOC1=CC(=[N+]=[N-])C(OCC)C=C1N1CCOCC1.O=C(O)c1ccccc1OS(=O)(=O)O. The summed E-state index contributed by atoms with van der Waals surface area (Å²) in [6.45, 7) is 8.01. The Kier molecular flexibility index (Phi) is 10.2. The van der Waals surface area contributed by atoms with Gasteiger partial charge in [-0.15, -0.1) is 0 Å². The molecule has 1 saturated heterocycles. The first-order chi connectivity index (χ1) is 16.2. The van der Waals surface area contributed by atoms with Gasteiger partial charge in [0.25, 0.3) is 0 Å². The molecular weight excluding hydrogens is 470 g/mol. The van der Waals surface area contributed by atoms with Crippen LogP contribution in [0, 0.1) is 0 Å². The van der Waals surface area contributed by atoms with E-state index < -0.39 is 22.1 Å². The highest BCUT2D eigenvalue weighted by Gasteiger charge is 2.31. The Labute approximate surface area is 197 Å². The fraction of sp³-hybridized carbons (Fsp3) is 0.429. The van der Waals surface area contributed by atoms with Gasteiger partial charge in [-0.1, -0.05) is 12.1 Å². The van der Waals surface area contributed by atoms with E-state index in [0.717, 1.165) is 36.7 Å². The van der Waals surface area contributed by atoms with Gasteiger partial charge in [0.15, 0.2) is 11.9 Å². The Morgan fingerprint density at radius 3 is 2.47 bits per heavy atom. The largest absolute Gasteiger partial charge is 0.491 e. The highest BCUT2D eigenvalue weighted by molar-refractivity contribution is 7.81. The minimum absolute atomic E-state index is 0.341. The minimum Gasteiger partial charge on any atom is -0.491 e. The number of rotatable bonds is 8. The Morgan fingerprint density at radius 2 is 1.91 bits per heavy atom. The molecule has 1 heterocycles. The molecule has 1 aliphatic heterocycles. The average molecular weight is 498 g/mol. The molecule has 186 valence electrons. The summed E-state index contributed by atoms with van der Waals surface area (Å²) in [6, 6.07) is 5.06. The van der Waals surface area contributed by atoms with Crippen molar-refractivity contribution < 1.29 is 46.1 Å². The summed E-state index contributed by atoms with van der Waals surface area (Å²) in [5, 5.41) is 8.61. The highest BCUT2D eigenvalue weighted by Crippen LogP contribution is 2.24. The first-order valence-electron chi connectivity index (χ1n) is 10.4. The van der Waals surface area contributed by atoms with Crippen LogP contribution in [0.5, 0.6) is 5.75 Å². The van der Waals surface area contributed by atoms with Crippen LogP contribution in [0.1, 0.15) is 24.2 Å². The van der Waals surface area contributed by atoms with E-state index >= 15 is 0 Å². The van der Waals surface area contributed by atoms with Gasteiger partial charge < -0.3 is 33.9 Å². The summed E-state index contributed by atoms with van der Waals surface area (Å²) >= 11 is 0. The summed E-state index contributed by atoms with van der Waals surface area (Å²) < 4.78 is 49.7. The van der Waals surface area contributed by atoms with Gasteiger partial charge in [-0.2, -0.15) is 13.2 Å². The van der Waals surface area contributed by atoms with Crippen molar-refractivity contribution in [3.05, 3.63) is 59.0 Å². The molecule has 1 aromatic rings. The molecule has 12 nitrogen and oxygen atoms in total. The van der Waals surface area contributed by atoms with Crippen molar-refractivity contribution in [1.29, 1.82) is 0 Å². The van der Waals surface area contributed by atoms with E-state index in [1.54, 1.807) is 6.08 Å². The van der Waals surface area contributed by atoms with E-state index in [1.807, 2.05) is 19.9 Å². The number of morpholine rings is 1. The first-order valence-corrected chi connectivity index (χ1v) is 11.8. The molecule has 1 fully saturated rings. The highest BCUT2D eigenvalue weighted by atomic mass is 32.3. The van der Waals surface area contributed by atoms with Crippen molar-refractivity contribution in [2.24, 2.45) is 0 Å². The zero-order valence-corrected chi connectivity index (χ0v) is 19.6. The standard InChI is InChI=1S/C14H21N3O3.C7H6O6S/c1-3-19-13-10-12(17-5-7-18-8-6-17)14(20-4-2)9-11(13)16-15;8-7(9)5-3-1-2-4-6(5)13-14(10,11)12/h9-10,13H,3-8H2,1-2H3;1-4H,(H,8,9)(H,10,11,12). The maximum atomic E-state index is 10.6. The zero-order valence-electron chi connectivity index (χ0n) is 18.8. The van der Waals surface area contributed by atoms with Gasteiger partial charge in [0, 0.05) is 19.7 Å². The van der Waals surface area contributed by atoms with Gasteiger partial charge in [-0.3, -0.25) is 4.55 Å². The van der Waals surface area contributed by atoms with Crippen LogP contribution in [0.15, 0.2) is 47.9 Å². The van der Waals surface area contributed by atoms with Crippen molar-refractivity contribution in [2.75, 3.05) is 39.5 Å². The number of carbonyl (C=O) groups is 1. The van der Waals surface area contributed by atoms with Gasteiger partial charge in [-0.05, 0) is 32.1 Å². The van der Waals surface area contributed by atoms with Gasteiger partial charge >= 0.3 is 22.1 Å². The monoisotopic (exact) mass is 497 g/mol. The van der Waals surface area contributed by atoms with Gasteiger partial charge in [0.1, 0.15) is 11.3 Å². The average Bonchev–Trinajstić information content (AvgIpc) is 2.80. The van der Waals surface area contributed by atoms with Crippen LogP contribution in [-0.2, 0) is 24.6 Å². The molecule has 0 radical (unpaired) electrons. The molecule has 0 bridgehead atoms. The molecule has 1 aliphatic carbocycles. The Bertz CT molecular complexity index is 1070. The first kappa shape index (κ1) is 27.0. The third-order valence-corrected chi connectivity index (χ3v) is 4.95. The molecule has 13 heteroatoms. The zero-order chi connectivity index (χ0) is 25.1. The predicted molar refractivity (Wildman–Crippen MR) is 120 cm³/mol. The molecule has 3 rings (SSSR count). The summed E-state index contributed by atoms with van der Waals surface area (Å²) in [5.74, 6) is -1.05. The summed E-state index contributed by atoms with van der Waals surface area (Å²) in [6.07, 6.45) is 3.36. The van der Waals surface area contributed by atoms with Crippen molar-refractivity contribution in [1.82, 2.24) is 4.90 Å². The van der Waals surface area contributed by atoms with Crippen molar-refractivity contribution in [2.45, 2.75) is 20.0 Å². The molecular formula is C21H27N3O9S. The lowest BCUT2D eigenvalue weighted by Crippen LogP contribution is -2.39. The Balaban J connectivity index is 0.000000257. The summed E-state index contributed by atoms with van der Waals surface area (Å²) in [7, 11) is -4.70. The molecule has 1 unspecified atom stereocenters. The molecule has 1 atom stereocenters. The number of benzene rings is 1. The maximum absolute atomic E-state index is 10.6. The van der Waals surface area contributed by atoms with E-state index in [-0.39, 0.29) is 11.7 Å². The van der Waals surface area contributed by atoms with Crippen LogP contribution in [0.2, 0.25) is 0 Å². The van der Waals surface area contributed by atoms with E-state index in [2.05, 4.69) is 13.9 Å². The van der Waals surface area contributed by atoms with Crippen LogP contribution >= 0.6 is 0 Å². The molecule has 1 aromatic carbocycles. The third-order valence-electron chi connectivity index (χ3n) is 4.56. The van der Waals surface area contributed by atoms with E-state index in [9.17, 15) is 13.2 Å². The van der Waals surface area contributed by atoms with E-state index in [4.69, 9.17) is 29.4 Å². The number of aromatic carboxylic acids is 1. The van der Waals surface area contributed by atoms with Crippen molar-refractivity contribution in [3.8, 4) is 5.75 Å². The lowest BCUT2D eigenvalue weighted by molar-refractivity contribution is -0.0230. The van der Waals surface area contributed by atoms with Crippen LogP contribution in [0.3, 0.4) is 0 Å². The molecule has 0 amide bonds. The molecule has 2 N–H and O–H groups in total. The van der Waals surface area contributed by atoms with Crippen LogP contribution in [0.25, 0.3) is 5.53 Å². The van der Waals surface area contributed by atoms with Crippen LogP contribution < -0.4 is 4.18 Å². The van der Waals surface area contributed by atoms with E-state index in [0.29, 0.717) is 32.1 Å². The smallest absolute Gasteiger partial charge is 0.446 e. The number of carboxylic acids is 1. The maximum Gasteiger partial charge on any atom is 0.446 e. The number of hydrogen-bond acceptors (Lipinski definition) is 8. The van der Waals surface area contributed by atoms with Gasteiger partial charge in [0.2, 0.25) is 0 Å². The molecule has 0 saturated carbocycles. The van der Waals surface area contributed by atoms with Gasteiger partial charge in [0.05, 0.1) is 31.6 Å². The second-order valence-electron chi connectivity index (χ2n) is 6.81. The van der Waals surface area contributed by atoms with Crippen LogP contribution in [0.4, 0.5) is 0 Å². The molecule has 0 aromatic heterocycles.